The van der Waals surface area contributed by atoms with Crippen molar-refractivity contribution >= 4 is 5.97 Å². The normalized spacial score (nSPS) is 28.6. The summed E-state index contributed by atoms with van der Waals surface area (Å²) >= 11 is 0. The van der Waals surface area contributed by atoms with Crippen LogP contribution in [0.3, 0.4) is 0 Å². The number of carbonyl (C=O) groups is 1. The molecule has 1 saturated heterocycles. The molecule has 3 nitrogen and oxygen atoms in total. The predicted molar refractivity (Wildman–Crippen MR) is 56.0 cm³/mol. The van der Waals surface area contributed by atoms with Crippen LogP contribution in [0.15, 0.2) is 0 Å². The van der Waals surface area contributed by atoms with E-state index < -0.39 is 0 Å². The van der Waals surface area contributed by atoms with Crippen LogP contribution in [0.4, 0.5) is 0 Å². The van der Waals surface area contributed by atoms with Crippen molar-refractivity contribution in [1.82, 2.24) is 5.32 Å². The molecular weight excluding hydrogens is 178 g/mol. The topological polar surface area (TPSA) is 38.3 Å². The quantitative estimate of drug-likeness (QED) is 0.653. The Morgan fingerprint density at radius 2 is 2.00 bits per heavy atom. The molecule has 0 radical (unpaired) electrons. The maximum absolute atomic E-state index is 11.6. The molecule has 0 saturated carbocycles. The van der Waals surface area contributed by atoms with Gasteiger partial charge in [-0.3, -0.25) is 4.79 Å². The lowest BCUT2D eigenvalue weighted by molar-refractivity contribution is -0.158. The predicted octanol–water partition coefficient (Wildman–Crippen LogP) is 1.72. The summed E-state index contributed by atoms with van der Waals surface area (Å²) < 4.78 is 5.31. The van der Waals surface area contributed by atoms with Gasteiger partial charge in [-0.2, -0.15) is 0 Å². The van der Waals surface area contributed by atoms with Crippen LogP contribution >= 0.6 is 0 Å². The van der Waals surface area contributed by atoms with Crippen molar-refractivity contribution < 1.29 is 9.53 Å². The lowest BCUT2D eigenvalue weighted by Gasteiger charge is -2.29. The van der Waals surface area contributed by atoms with Gasteiger partial charge in [0.1, 0.15) is 11.6 Å². The van der Waals surface area contributed by atoms with Crippen molar-refractivity contribution in [2.24, 2.45) is 5.92 Å². The summed E-state index contributed by atoms with van der Waals surface area (Å²) in [5.41, 5.74) is -0.373. The number of nitrogens with one attached hydrogen (secondary N) is 1. The number of carbonyl (C=O) groups excluding carboxylic acids is 1. The molecule has 1 heterocycles. The Balaban J connectivity index is 2.38. The molecule has 2 atom stereocenters. The molecule has 0 aromatic heterocycles. The Labute approximate surface area is 86.2 Å². The SMILES string of the molecule is CC1CCC(C(=O)OC(C)(C)C)NC1. The maximum atomic E-state index is 11.6. The van der Waals surface area contributed by atoms with Crippen molar-refractivity contribution in [3.8, 4) is 0 Å². The molecule has 3 heteroatoms. The molecule has 0 bridgehead atoms. The fraction of sp³-hybridized carbons (Fsp3) is 0.909. The van der Waals surface area contributed by atoms with Crippen molar-refractivity contribution in [2.75, 3.05) is 6.54 Å². The number of piperidine rings is 1. The monoisotopic (exact) mass is 199 g/mol. The lowest BCUT2D eigenvalue weighted by atomic mass is 9.96. The Morgan fingerprint density at radius 1 is 1.36 bits per heavy atom. The van der Waals surface area contributed by atoms with Gasteiger partial charge in [-0.1, -0.05) is 6.92 Å². The molecule has 1 N–H and O–H groups in total. The number of rotatable bonds is 1. The summed E-state index contributed by atoms with van der Waals surface area (Å²) in [4.78, 5) is 11.6. The summed E-state index contributed by atoms with van der Waals surface area (Å²) in [6, 6.07) is -0.0922. The fourth-order valence-corrected chi connectivity index (χ4v) is 1.57. The summed E-state index contributed by atoms with van der Waals surface area (Å²) in [6.45, 7) is 8.81. The molecule has 2 unspecified atom stereocenters. The van der Waals surface area contributed by atoms with Crippen LogP contribution in [0.2, 0.25) is 0 Å². The van der Waals surface area contributed by atoms with Gasteiger partial charge < -0.3 is 10.1 Å². The molecule has 1 rings (SSSR count). The second-order valence-electron chi connectivity index (χ2n) is 5.18. The Bertz CT molecular complexity index is 200. The Hall–Kier alpha value is -0.570. The third-order valence-corrected chi connectivity index (χ3v) is 2.35. The Morgan fingerprint density at radius 3 is 2.43 bits per heavy atom. The third kappa shape index (κ3) is 3.66. The van der Waals surface area contributed by atoms with Crippen LogP contribution in [-0.4, -0.2) is 24.2 Å². The van der Waals surface area contributed by atoms with Gasteiger partial charge in [0.2, 0.25) is 0 Å². The van der Waals surface area contributed by atoms with E-state index in [0.717, 1.165) is 19.4 Å². The summed E-state index contributed by atoms with van der Waals surface area (Å²) in [5, 5.41) is 3.22. The van der Waals surface area contributed by atoms with Crippen LogP contribution in [0, 0.1) is 5.92 Å². The molecular formula is C11H21NO2. The first-order chi connectivity index (χ1) is 6.38. The van der Waals surface area contributed by atoms with Crippen LogP contribution in [0.1, 0.15) is 40.5 Å². The molecule has 0 aromatic rings. The van der Waals surface area contributed by atoms with E-state index in [9.17, 15) is 4.79 Å². The molecule has 0 aliphatic carbocycles. The maximum Gasteiger partial charge on any atom is 0.323 e. The van der Waals surface area contributed by atoms with Gasteiger partial charge in [-0.25, -0.2) is 0 Å². The van der Waals surface area contributed by atoms with Crippen LogP contribution < -0.4 is 5.32 Å². The number of hydrogen-bond donors (Lipinski definition) is 1. The van der Waals surface area contributed by atoms with E-state index in [2.05, 4.69) is 12.2 Å². The minimum absolute atomic E-state index is 0.0922. The molecule has 14 heavy (non-hydrogen) atoms. The van der Waals surface area contributed by atoms with Crippen LogP contribution in [-0.2, 0) is 9.53 Å². The molecule has 0 aromatic carbocycles. The van der Waals surface area contributed by atoms with Gasteiger partial charge in [0.05, 0.1) is 0 Å². The average Bonchev–Trinajstić information content (AvgIpc) is 2.02. The zero-order chi connectivity index (χ0) is 10.8. The zero-order valence-electron chi connectivity index (χ0n) is 9.59. The van der Waals surface area contributed by atoms with Crippen molar-refractivity contribution in [3.05, 3.63) is 0 Å². The van der Waals surface area contributed by atoms with E-state index in [1.165, 1.54) is 0 Å². The lowest BCUT2D eigenvalue weighted by Crippen LogP contribution is -2.46. The van der Waals surface area contributed by atoms with Crippen molar-refractivity contribution in [1.29, 1.82) is 0 Å². The van der Waals surface area contributed by atoms with Gasteiger partial charge in [-0.05, 0) is 46.1 Å². The highest BCUT2D eigenvalue weighted by atomic mass is 16.6. The average molecular weight is 199 g/mol. The van der Waals surface area contributed by atoms with Gasteiger partial charge in [0.25, 0.3) is 0 Å². The number of esters is 1. The van der Waals surface area contributed by atoms with E-state index >= 15 is 0 Å². The summed E-state index contributed by atoms with van der Waals surface area (Å²) in [6.07, 6.45) is 2.01. The largest absolute Gasteiger partial charge is 0.459 e. The van der Waals surface area contributed by atoms with Gasteiger partial charge >= 0.3 is 5.97 Å². The first-order valence-corrected chi connectivity index (χ1v) is 5.35. The molecule has 0 spiro atoms. The minimum Gasteiger partial charge on any atom is -0.459 e. The van der Waals surface area contributed by atoms with Crippen LogP contribution in [0.5, 0.6) is 0 Å². The number of hydrogen-bond acceptors (Lipinski definition) is 3. The third-order valence-electron chi connectivity index (χ3n) is 2.35. The highest BCUT2D eigenvalue weighted by Gasteiger charge is 2.27. The van der Waals surface area contributed by atoms with Crippen molar-refractivity contribution in [2.45, 2.75) is 52.2 Å². The molecule has 1 aliphatic rings. The standard InChI is InChI=1S/C11H21NO2/c1-8-5-6-9(12-7-8)10(13)14-11(2,3)4/h8-9,12H,5-7H2,1-4H3. The Kier molecular flexibility index (Phi) is 3.53. The highest BCUT2D eigenvalue weighted by Crippen LogP contribution is 2.16. The smallest absolute Gasteiger partial charge is 0.323 e. The minimum atomic E-state index is -0.373. The van der Waals surface area contributed by atoms with Gasteiger partial charge in [0.15, 0.2) is 0 Å². The highest BCUT2D eigenvalue weighted by molar-refractivity contribution is 5.76. The second-order valence-corrected chi connectivity index (χ2v) is 5.18. The number of ether oxygens (including phenoxy) is 1. The van der Waals surface area contributed by atoms with E-state index in [0.29, 0.717) is 5.92 Å². The van der Waals surface area contributed by atoms with E-state index in [1.54, 1.807) is 0 Å². The van der Waals surface area contributed by atoms with E-state index in [4.69, 9.17) is 4.74 Å². The second kappa shape index (κ2) is 4.30. The van der Waals surface area contributed by atoms with E-state index in [-0.39, 0.29) is 17.6 Å². The summed E-state index contributed by atoms with van der Waals surface area (Å²) in [5.74, 6) is 0.568. The van der Waals surface area contributed by atoms with Gasteiger partial charge in [-0.15, -0.1) is 0 Å². The van der Waals surface area contributed by atoms with Crippen molar-refractivity contribution in [3.63, 3.8) is 0 Å². The fourth-order valence-electron chi connectivity index (χ4n) is 1.57. The molecule has 1 fully saturated rings. The molecule has 0 amide bonds. The summed E-state index contributed by atoms with van der Waals surface area (Å²) in [7, 11) is 0. The zero-order valence-corrected chi connectivity index (χ0v) is 9.59. The first kappa shape index (κ1) is 11.5. The first-order valence-electron chi connectivity index (χ1n) is 5.35. The van der Waals surface area contributed by atoms with Gasteiger partial charge in [0, 0.05) is 0 Å². The van der Waals surface area contributed by atoms with E-state index in [1.807, 2.05) is 20.8 Å². The molecule has 1 aliphatic heterocycles. The van der Waals surface area contributed by atoms with Crippen LogP contribution in [0.25, 0.3) is 0 Å². The molecule has 82 valence electrons.